The van der Waals surface area contributed by atoms with Crippen LogP contribution in [-0.4, -0.2) is 9.97 Å². The van der Waals surface area contributed by atoms with Gasteiger partial charge in [-0.2, -0.15) is 0 Å². The van der Waals surface area contributed by atoms with E-state index in [0.717, 1.165) is 28.4 Å². The highest BCUT2D eigenvalue weighted by Crippen LogP contribution is 2.25. The van der Waals surface area contributed by atoms with Crippen molar-refractivity contribution in [2.24, 2.45) is 0 Å². The summed E-state index contributed by atoms with van der Waals surface area (Å²) in [6.07, 6.45) is 1.81. The van der Waals surface area contributed by atoms with Crippen LogP contribution in [0.3, 0.4) is 0 Å². The number of aromatic nitrogens is 2. The zero-order valence-electron chi connectivity index (χ0n) is 12.5. The maximum absolute atomic E-state index is 5.72. The van der Waals surface area contributed by atoms with Crippen molar-refractivity contribution in [3.8, 4) is 0 Å². The van der Waals surface area contributed by atoms with Gasteiger partial charge in [0, 0.05) is 17.8 Å². The summed E-state index contributed by atoms with van der Waals surface area (Å²) in [4.78, 5) is 8.90. The van der Waals surface area contributed by atoms with Crippen LogP contribution in [0.4, 0.5) is 5.69 Å². The molecule has 0 saturated carbocycles. The van der Waals surface area contributed by atoms with Crippen LogP contribution < -0.4 is 5.32 Å². The summed E-state index contributed by atoms with van der Waals surface area (Å²) in [5.74, 6) is 1.07. The van der Waals surface area contributed by atoms with Crippen LogP contribution in [0.2, 0.25) is 0 Å². The summed E-state index contributed by atoms with van der Waals surface area (Å²) >= 11 is 0. The van der Waals surface area contributed by atoms with Gasteiger partial charge in [0.1, 0.15) is 5.52 Å². The Morgan fingerprint density at radius 1 is 1.10 bits per heavy atom. The highest BCUT2D eigenvalue weighted by atomic mass is 16.3. The summed E-state index contributed by atoms with van der Waals surface area (Å²) in [5.41, 5.74) is 3.75. The molecule has 2 aromatic heterocycles. The number of benzene rings is 1. The Balaban J connectivity index is 1.84. The predicted molar refractivity (Wildman–Crippen MR) is 84.4 cm³/mol. The lowest BCUT2D eigenvalue weighted by Gasteiger charge is -2.14. The van der Waals surface area contributed by atoms with E-state index in [-0.39, 0.29) is 6.04 Å². The molecule has 0 fully saturated rings. The van der Waals surface area contributed by atoms with E-state index in [1.165, 1.54) is 0 Å². The third kappa shape index (κ3) is 2.89. The molecule has 0 aliphatic rings. The van der Waals surface area contributed by atoms with Crippen molar-refractivity contribution in [3.63, 3.8) is 0 Å². The molecular formula is C17H19N3O. The summed E-state index contributed by atoms with van der Waals surface area (Å²) in [6.45, 7) is 6.24. The molecule has 3 aromatic rings. The summed E-state index contributed by atoms with van der Waals surface area (Å²) in [5, 5.41) is 3.44. The molecule has 0 bridgehead atoms. The molecule has 0 saturated heterocycles. The first-order chi connectivity index (χ1) is 10.1. The van der Waals surface area contributed by atoms with Gasteiger partial charge in [-0.25, -0.2) is 4.98 Å². The van der Waals surface area contributed by atoms with E-state index in [1.807, 2.05) is 42.6 Å². The van der Waals surface area contributed by atoms with Gasteiger partial charge in [0.2, 0.25) is 0 Å². The van der Waals surface area contributed by atoms with Crippen LogP contribution in [0.15, 0.2) is 47.0 Å². The Hall–Kier alpha value is -2.36. The summed E-state index contributed by atoms with van der Waals surface area (Å²) in [7, 11) is 0. The Morgan fingerprint density at radius 2 is 1.95 bits per heavy atom. The fraction of sp³-hybridized carbons (Fsp3) is 0.294. The Labute approximate surface area is 124 Å². The number of hydrogen-bond acceptors (Lipinski definition) is 4. The minimum Gasteiger partial charge on any atom is -0.440 e. The molecular weight excluding hydrogens is 262 g/mol. The van der Waals surface area contributed by atoms with Gasteiger partial charge in [-0.05, 0) is 37.3 Å². The van der Waals surface area contributed by atoms with Gasteiger partial charge in [-0.1, -0.05) is 19.9 Å². The van der Waals surface area contributed by atoms with Gasteiger partial charge in [0.05, 0.1) is 11.7 Å². The number of nitrogens with one attached hydrogen (secondary N) is 1. The lowest BCUT2D eigenvalue weighted by Crippen LogP contribution is -2.07. The molecule has 4 heteroatoms. The molecule has 2 heterocycles. The fourth-order valence-electron chi connectivity index (χ4n) is 2.24. The first-order valence-electron chi connectivity index (χ1n) is 7.21. The van der Waals surface area contributed by atoms with Crippen molar-refractivity contribution >= 4 is 16.8 Å². The van der Waals surface area contributed by atoms with E-state index in [0.29, 0.717) is 5.92 Å². The highest BCUT2D eigenvalue weighted by molar-refractivity contribution is 5.77. The molecule has 0 aliphatic heterocycles. The molecule has 1 N–H and O–H groups in total. The van der Waals surface area contributed by atoms with E-state index < -0.39 is 0 Å². The Bertz CT molecular complexity index is 734. The van der Waals surface area contributed by atoms with E-state index in [2.05, 4.69) is 36.1 Å². The zero-order valence-corrected chi connectivity index (χ0v) is 12.5. The Kier molecular flexibility index (Phi) is 3.60. The van der Waals surface area contributed by atoms with Crippen molar-refractivity contribution in [1.82, 2.24) is 9.97 Å². The third-order valence-electron chi connectivity index (χ3n) is 3.41. The van der Waals surface area contributed by atoms with Crippen molar-refractivity contribution in [2.75, 3.05) is 5.32 Å². The predicted octanol–water partition coefficient (Wildman–Crippen LogP) is 4.52. The smallest absolute Gasteiger partial charge is 0.198 e. The average Bonchev–Trinajstić information content (AvgIpc) is 2.91. The first kappa shape index (κ1) is 13.6. The van der Waals surface area contributed by atoms with E-state index in [9.17, 15) is 0 Å². The third-order valence-corrected chi connectivity index (χ3v) is 3.41. The van der Waals surface area contributed by atoms with Crippen LogP contribution in [-0.2, 0) is 0 Å². The normalized spacial score (nSPS) is 12.8. The summed E-state index contributed by atoms with van der Waals surface area (Å²) < 4.78 is 5.72. The first-order valence-corrected chi connectivity index (χ1v) is 7.21. The van der Waals surface area contributed by atoms with Gasteiger partial charge in [-0.3, -0.25) is 4.98 Å². The molecule has 0 aliphatic carbocycles. The monoisotopic (exact) mass is 281 g/mol. The van der Waals surface area contributed by atoms with Gasteiger partial charge in [0.25, 0.3) is 0 Å². The molecule has 108 valence electrons. The molecule has 0 radical (unpaired) electrons. The molecule has 1 unspecified atom stereocenters. The second-order valence-corrected chi connectivity index (χ2v) is 5.51. The molecule has 1 atom stereocenters. The van der Waals surface area contributed by atoms with Gasteiger partial charge in [-0.15, -0.1) is 0 Å². The van der Waals surface area contributed by atoms with E-state index >= 15 is 0 Å². The Morgan fingerprint density at radius 3 is 2.67 bits per heavy atom. The number of fused-ring (bicyclic) bond motifs is 1. The van der Waals surface area contributed by atoms with Crippen LogP contribution in [0, 0.1) is 0 Å². The standard InChI is InChI=1S/C17H19N3O/c1-11(2)17-20-15-10-13(7-8-16(15)21-17)19-12(3)14-6-4-5-9-18-14/h4-12,19H,1-3H3. The molecule has 21 heavy (non-hydrogen) atoms. The van der Waals surface area contributed by atoms with Crippen LogP contribution >= 0.6 is 0 Å². The maximum Gasteiger partial charge on any atom is 0.198 e. The number of anilines is 1. The number of nitrogens with zero attached hydrogens (tertiary/aromatic N) is 2. The van der Waals surface area contributed by atoms with Crippen molar-refractivity contribution < 1.29 is 4.42 Å². The lowest BCUT2D eigenvalue weighted by atomic mass is 10.2. The minimum atomic E-state index is 0.139. The SMILES string of the molecule is CC(C)c1nc2cc(NC(C)c3ccccn3)ccc2o1. The van der Waals surface area contributed by atoms with E-state index in [1.54, 1.807) is 0 Å². The zero-order chi connectivity index (χ0) is 14.8. The van der Waals surface area contributed by atoms with E-state index in [4.69, 9.17) is 4.42 Å². The second-order valence-electron chi connectivity index (χ2n) is 5.51. The minimum absolute atomic E-state index is 0.139. The van der Waals surface area contributed by atoms with Crippen LogP contribution in [0.5, 0.6) is 0 Å². The largest absolute Gasteiger partial charge is 0.440 e. The fourth-order valence-corrected chi connectivity index (χ4v) is 2.24. The van der Waals surface area contributed by atoms with Crippen molar-refractivity contribution in [1.29, 1.82) is 0 Å². The highest BCUT2D eigenvalue weighted by Gasteiger charge is 2.11. The van der Waals surface area contributed by atoms with Crippen LogP contribution in [0.1, 0.15) is 44.3 Å². The average molecular weight is 281 g/mol. The number of oxazole rings is 1. The molecule has 0 spiro atoms. The molecule has 1 aromatic carbocycles. The quantitative estimate of drug-likeness (QED) is 0.764. The van der Waals surface area contributed by atoms with Crippen LogP contribution in [0.25, 0.3) is 11.1 Å². The topological polar surface area (TPSA) is 51.0 Å². The lowest BCUT2D eigenvalue weighted by molar-refractivity contribution is 0.501. The van der Waals surface area contributed by atoms with Gasteiger partial charge >= 0.3 is 0 Å². The molecule has 4 nitrogen and oxygen atoms in total. The number of hydrogen-bond donors (Lipinski definition) is 1. The van der Waals surface area contributed by atoms with Crippen molar-refractivity contribution in [3.05, 3.63) is 54.2 Å². The molecule has 0 amide bonds. The van der Waals surface area contributed by atoms with Gasteiger partial charge in [0.15, 0.2) is 11.5 Å². The molecule has 3 rings (SSSR count). The summed E-state index contributed by atoms with van der Waals surface area (Å²) in [6, 6.07) is 12.1. The van der Waals surface area contributed by atoms with Crippen molar-refractivity contribution in [2.45, 2.75) is 32.7 Å². The number of rotatable bonds is 4. The maximum atomic E-state index is 5.72. The second kappa shape index (κ2) is 5.56. The number of pyridine rings is 1. The van der Waals surface area contributed by atoms with Gasteiger partial charge < -0.3 is 9.73 Å².